The summed E-state index contributed by atoms with van der Waals surface area (Å²) in [5, 5.41) is 17.9. The van der Waals surface area contributed by atoms with Gasteiger partial charge in [0.15, 0.2) is 5.11 Å². The third kappa shape index (κ3) is 3.54. The Balaban J connectivity index is 1.79. The van der Waals surface area contributed by atoms with Gasteiger partial charge in [-0.05, 0) is 55.6 Å². The quantitative estimate of drug-likeness (QED) is 0.351. The van der Waals surface area contributed by atoms with Crippen LogP contribution in [-0.2, 0) is 17.6 Å². The molecule has 26 heavy (non-hydrogen) atoms. The highest BCUT2D eigenvalue weighted by Crippen LogP contribution is 2.39. The third-order valence-electron chi connectivity index (χ3n) is 4.21. The van der Waals surface area contributed by atoms with Crippen LogP contribution in [0, 0.1) is 17.0 Å². The zero-order valence-corrected chi connectivity index (χ0v) is 15.9. The molecular formula is C17H17N3O4S2. The van der Waals surface area contributed by atoms with Gasteiger partial charge in [-0.25, -0.2) is 4.79 Å². The highest BCUT2D eigenvalue weighted by atomic mass is 32.1. The van der Waals surface area contributed by atoms with E-state index in [2.05, 4.69) is 10.6 Å². The number of methoxy groups -OCH3 is 1. The number of fused-ring (bicyclic) bond motifs is 1. The van der Waals surface area contributed by atoms with Gasteiger partial charge in [-0.1, -0.05) is 0 Å². The summed E-state index contributed by atoms with van der Waals surface area (Å²) in [5.41, 5.74) is 2.98. The second-order valence-electron chi connectivity index (χ2n) is 5.89. The summed E-state index contributed by atoms with van der Waals surface area (Å²) in [4.78, 5) is 23.7. The molecule has 0 spiro atoms. The predicted octanol–water partition coefficient (Wildman–Crippen LogP) is 4.05. The first kappa shape index (κ1) is 18.3. The number of nitro benzene ring substituents is 1. The van der Waals surface area contributed by atoms with Crippen LogP contribution in [0.4, 0.5) is 16.4 Å². The van der Waals surface area contributed by atoms with Gasteiger partial charge in [0, 0.05) is 22.7 Å². The Kier molecular flexibility index (Phi) is 5.19. The van der Waals surface area contributed by atoms with E-state index in [1.165, 1.54) is 35.5 Å². The average Bonchev–Trinajstić information content (AvgIpc) is 3.16. The lowest BCUT2D eigenvalue weighted by atomic mass is 10.1. The van der Waals surface area contributed by atoms with Gasteiger partial charge < -0.3 is 15.4 Å². The number of benzene rings is 1. The number of thiophene rings is 1. The molecule has 0 unspecified atom stereocenters. The molecular weight excluding hydrogens is 374 g/mol. The Bertz CT molecular complexity index is 908. The number of hydrogen-bond acceptors (Lipinski definition) is 6. The van der Waals surface area contributed by atoms with Crippen molar-refractivity contribution in [1.82, 2.24) is 0 Å². The van der Waals surface area contributed by atoms with Crippen molar-refractivity contribution >= 4 is 51.0 Å². The number of rotatable bonds is 4. The molecule has 3 rings (SSSR count). The second-order valence-corrected chi connectivity index (χ2v) is 7.40. The van der Waals surface area contributed by atoms with E-state index in [9.17, 15) is 14.9 Å². The van der Waals surface area contributed by atoms with Crippen molar-refractivity contribution in [2.75, 3.05) is 17.7 Å². The Labute approximate surface area is 159 Å². The topological polar surface area (TPSA) is 93.5 Å². The van der Waals surface area contributed by atoms with Crippen molar-refractivity contribution in [2.45, 2.75) is 26.2 Å². The van der Waals surface area contributed by atoms with Gasteiger partial charge in [0.1, 0.15) is 5.00 Å². The largest absolute Gasteiger partial charge is 0.465 e. The summed E-state index contributed by atoms with van der Waals surface area (Å²) in [6, 6.07) is 4.50. The molecule has 0 aliphatic heterocycles. The number of nitrogens with zero attached hydrogens (tertiary/aromatic N) is 1. The van der Waals surface area contributed by atoms with Crippen LogP contribution in [0.1, 0.15) is 32.8 Å². The number of ether oxygens (including phenoxy) is 1. The normalized spacial score (nSPS) is 12.4. The molecule has 0 radical (unpaired) electrons. The van der Waals surface area contributed by atoms with E-state index >= 15 is 0 Å². The molecule has 1 aromatic heterocycles. The third-order valence-corrected chi connectivity index (χ3v) is 5.62. The molecule has 0 saturated heterocycles. The van der Waals surface area contributed by atoms with Crippen LogP contribution >= 0.6 is 23.6 Å². The number of aryl methyl sites for hydroxylation is 2. The Morgan fingerprint density at radius 1 is 1.35 bits per heavy atom. The Hall–Kier alpha value is -2.52. The Morgan fingerprint density at radius 3 is 2.77 bits per heavy atom. The highest BCUT2D eigenvalue weighted by Gasteiger charge is 2.27. The minimum atomic E-state index is -0.441. The number of anilines is 2. The minimum absolute atomic E-state index is 0.0228. The zero-order valence-electron chi connectivity index (χ0n) is 14.3. The molecule has 2 N–H and O–H groups in total. The zero-order chi connectivity index (χ0) is 18.8. The van der Waals surface area contributed by atoms with E-state index in [0.717, 1.165) is 24.8 Å². The van der Waals surface area contributed by atoms with Gasteiger partial charge in [0.25, 0.3) is 5.69 Å². The summed E-state index contributed by atoms with van der Waals surface area (Å²) in [6.45, 7) is 1.76. The van der Waals surface area contributed by atoms with Gasteiger partial charge >= 0.3 is 5.97 Å². The first-order valence-corrected chi connectivity index (χ1v) is 9.19. The SMILES string of the molecule is COC(=O)c1c(NC(=S)Nc2ccc([N+](=O)[O-])cc2C)sc2c1CCC2. The monoisotopic (exact) mass is 391 g/mol. The van der Waals surface area contributed by atoms with Crippen LogP contribution in [0.25, 0.3) is 0 Å². The second kappa shape index (κ2) is 7.38. The molecule has 0 fully saturated rings. The molecule has 0 amide bonds. The van der Waals surface area contributed by atoms with E-state index in [4.69, 9.17) is 17.0 Å². The molecule has 9 heteroatoms. The lowest BCUT2D eigenvalue weighted by molar-refractivity contribution is -0.384. The van der Waals surface area contributed by atoms with Gasteiger partial charge in [0.05, 0.1) is 17.6 Å². The summed E-state index contributed by atoms with van der Waals surface area (Å²) < 4.78 is 4.92. The van der Waals surface area contributed by atoms with E-state index in [-0.39, 0.29) is 11.7 Å². The van der Waals surface area contributed by atoms with Crippen LogP contribution in [0.3, 0.4) is 0 Å². The number of hydrogen-bond donors (Lipinski definition) is 2. The van der Waals surface area contributed by atoms with Gasteiger partial charge in [-0.15, -0.1) is 11.3 Å². The lowest BCUT2D eigenvalue weighted by Crippen LogP contribution is -2.20. The standard InChI is InChI=1S/C17H17N3O4S2/c1-9-8-10(20(22)23)6-7-12(9)18-17(25)19-15-14(16(21)24-2)11-4-3-5-13(11)26-15/h6-8H,3-5H2,1-2H3,(H2,18,19,25). The fraction of sp³-hybridized carbons (Fsp3) is 0.294. The van der Waals surface area contributed by atoms with E-state index < -0.39 is 4.92 Å². The molecule has 1 aliphatic rings. The number of carbonyl (C=O) groups is 1. The van der Waals surface area contributed by atoms with Crippen LogP contribution in [0.15, 0.2) is 18.2 Å². The van der Waals surface area contributed by atoms with E-state index in [0.29, 0.717) is 26.9 Å². The first-order chi connectivity index (χ1) is 12.4. The maximum atomic E-state index is 12.2. The van der Waals surface area contributed by atoms with Crippen LogP contribution < -0.4 is 10.6 Å². The molecule has 2 aromatic rings. The number of nitrogens with one attached hydrogen (secondary N) is 2. The lowest BCUT2D eigenvalue weighted by Gasteiger charge is -2.12. The van der Waals surface area contributed by atoms with Crippen LogP contribution in [0.2, 0.25) is 0 Å². The number of esters is 1. The van der Waals surface area contributed by atoms with E-state index in [1.807, 2.05) is 0 Å². The number of nitro groups is 1. The first-order valence-electron chi connectivity index (χ1n) is 7.96. The summed E-state index contributed by atoms with van der Waals surface area (Å²) in [5.74, 6) is -0.374. The molecule has 136 valence electrons. The van der Waals surface area contributed by atoms with Gasteiger partial charge in [-0.3, -0.25) is 10.1 Å². The smallest absolute Gasteiger partial charge is 0.341 e. The van der Waals surface area contributed by atoms with Crippen molar-refractivity contribution in [2.24, 2.45) is 0 Å². The fourth-order valence-electron chi connectivity index (χ4n) is 2.97. The molecule has 7 nitrogen and oxygen atoms in total. The highest BCUT2D eigenvalue weighted by molar-refractivity contribution is 7.80. The van der Waals surface area contributed by atoms with Crippen molar-refractivity contribution in [3.8, 4) is 0 Å². The molecule has 0 bridgehead atoms. The maximum Gasteiger partial charge on any atom is 0.341 e. The molecule has 0 saturated carbocycles. The minimum Gasteiger partial charge on any atom is -0.465 e. The number of carbonyl (C=O) groups excluding carboxylic acids is 1. The van der Waals surface area contributed by atoms with Crippen molar-refractivity contribution in [3.63, 3.8) is 0 Å². The maximum absolute atomic E-state index is 12.2. The fourth-order valence-corrected chi connectivity index (χ4v) is 4.53. The summed E-state index contributed by atoms with van der Waals surface area (Å²) >= 11 is 6.86. The Morgan fingerprint density at radius 2 is 2.12 bits per heavy atom. The van der Waals surface area contributed by atoms with Gasteiger partial charge in [-0.2, -0.15) is 0 Å². The molecule has 1 aromatic carbocycles. The average molecular weight is 391 g/mol. The van der Waals surface area contributed by atoms with E-state index in [1.54, 1.807) is 13.0 Å². The summed E-state index contributed by atoms with van der Waals surface area (Å²) in [6.07, 6.45) is 2.85. The molecule has 0 atom stereocenters. The predicted molar refractivity (Wildman–Crippen MR) is 105 cm³/mol. The van der Waals surface area contributed by atoms with Crippen molar-refractivity contribution < 1.29 is 14.5 Å². The van der Waals surface area contributed by atoms with Crippen molar-refractivity contribution in [1.29, 1.82) is 0 Å². The van der Waals surface area contributed by atoms with Gasteiger partial charge in [0.2, 0.25) is 0 Å². The van der Waals surface area contributed by atoms with Crippen LogP contribution in [0.5, 0.6) is 0 Å². The van der Waals surface area contributed by atoms with Crippen LogP contribution in [-0.4, -0.2) is 23.1 Å². The summed E-state index contributed by atoms with van der Waals surface area (Å²) in [7, 11) is 1.36. The molecule has 1 aliphatic carbocycles. The number of non-ortho nitro benzene ring substituents is 1. The molecule has 1 heterocycles. The number of thiocarbonyl (C=S) groups is 1. The van der Waals surface area contributed by atoms with Crippen molar-refractivity contribution in [3.05, 3.63) is 49.9 Å².